The number of aromatic nitrogens is 2. The number of carbonyl (C=O) groups is 1. The Hall–Kier alpha value is -2.54. The number of anilines is 1. The number of halogens is 1. The lowest BCUT2D eigenvalue weighted by atomic mass is 10.2. The molecule has 0 aromatic carbocycles. The largest absolute Gasteiger partial charge is 0.306 e. The molecule has 2 aromatic heterocycles. The lowest BCUT2D eigenvalue weighted by molar-refractivity contribution is -0.385. The number of nitrogens with one attached hydrogen (secondary N) is 1. The fourth-order valence-corrected chi connectivity index (χ4v) is 1.51. The maximum atomic E-state index is 11.8. The van der Waals surface area contributed by atoms with Crippen LogP contribution in [0.15, 0.2) is 36.7 Å². The highest BCUT2D eigenvalue weighted by molar-refractivity contribution is 6.33. The smallest absolute Gasteiger partial charge is 0.287 e. The van der Waals surface area contributed by atoms with Crippen molar-refractivity contribution in [3.05, 3.63) is 57.5 Å². The van der Waals surface area contributed by atoms with E-state index in [1.54, 1.807) is 6.07 Å². The van der Waals surface area contributed by atoms with Gasteiger partial charge in [-0.1, -0.05) is 11.6 Å². The monoisotopic (exact) mass is 278 g/mol. The molecule has 7 nitrogen and oxygen atoms in total. The SMILES string of the molecule is O=C(Nc1ccc([N+](=O)[O-])cn1)c1cccnc1Cl. The highest BCUT2D eigenvalue weighted by atomic mass is 35.5. The molecule has 0 spiro atoms. The van der Waals surface area contributed by atoms with Crippen molar-refractivity contribution in [3.8, 4) is 0 Å². The summed E-state index contributed by atoms with van der Waals surface area (Å²) in [7, 11) is 0. The van der Waals surface area contributed by atoms with Crippen molar-refractivity contribution in [2.45, 2.75) is 0 Å². The first-order chi connectivity index (χ1) is 9.08. The van der Waals surface area contributed by atoms with Crippen molar-refractivity contribution in [1.82, 2.24) is 9.97 Å². The standard InChI is InChI=1S/C11H7ClN4O3/c12-10-8(2-1-5-13-10)11(17)15-9-4-3-7(6-14-9)16(18)19/h1-6H,(H,14,15,17). The van der Waals surface area contributed by atoms with Crippen LogP contribution in [0.2, 0.25) is 5.15 Å². The predicted octanol–water partition coefficient (Wildman–Crippen LogP) is 2.29. The summed E-state index contributed by atoms with van der Waals surface area (Å²) in [6.07, 6.45) is 2.52. The van der Waals surface area contributed by atoms with Gasteiger partial charge in [-0.05, 0) is 18.2 Å². The third kappa shape index (κ3) is 3.02. The van der Waals surface area contributed by atoms with Crippen LogP contribution in [0.3, 0.4) is 0 Å². The summed E-state index contributed by atoms with van der Waals surface area (Å²) in [5.74, 6) is -0.296. The lowest BCUT2D eigenvalue weighted by Crippen LogP contribution is -2.13. The molecule has 19 heavy (non-hydrogen) atoms. The first kappa shape index (κ1) is 12.9. The zero-order valence-corrected chi connectivity index (χ0v) is 10.2. The number of hydrogen-bond acceptors (Lipinski definition) is 5. The Kier molecular flexibility index (Phi) is 3.67. The summed E-state index contributed by atoms with van der Waals surface area (Å²) in [6.45, 7) is 0. The second-order valence-electron chi connectivity index (χ2n) is 3.45. The van der Waals surface area contributed by atoms with Crippen molar-refractivity contribution < 1.29 is 9.72 Å². The van der Waals surface area contributed by atoms with E-state index in [0.717, 1.165) is 6.20 Å². The van der Waals surface area contributed by atoms with E-state index in [9.17, 15) is 14.9 Å². The van der Waals surface area contributed by atoms with Gasteiger partial charge in [-0.25, -0.2) is 9.97 Å². The fraction of sp³-hybridized carbons (Fsp3) is 0. The summed E-state index contributed by atoms with van der Waals surface area (Å²) < 4.78 is 0. The quantitative estimate of drug-likeness (QED) is 0.527. The summed E-state index contributed by atoms with van der Waals surface area (Å²) in [6, 6.07) is 5.66. The highest BCUT2D eigenvalue weighted by Crippen LogP contribution is 2.15. The summed E-state index contributed by atoms with van der Waals surface area (Å²) >= 11 is 5.77. The molecule has 0 unspecified atom stereocenters. The van der Waals surface area contributed by atoms with Gasteiger partial charge in [0.05, 0.1) is 10.5 Å². The minimum Gasteiger partial charge on any atom is -0.306 e. The Morgan fingerprint density at radius 1 is 1.32 bits per heavy atom. The van der Waals surface area contributed by atoms with Gasteiger partial charge in [-0.15, -0.1) is 0 Å². The molecule has 0 aliphatic heterocycles. The van der Waals surface area contributed by atoms with Crippen LogP contribution in [0.25, 0.3) is 0 Å². The second kappa shape index (κ2) is 5.40. The number of rotatable bonds is 3. The molecular formula is C11H7ClN4O3. The maximum Gasteiger partial charge on any atom is 0.287 e. The normalized spacial score (nSPS) is 9.95. The van der Waals surface area contributed by atoms with Crippen molar-refractivity contribution in [3.63, 3.8) is 0 Å². The van der Waals surface area contributed by atoms with E-state index in [-0.39, 0.29) is 22.2 Å². The average Bonchev–Trinajstić information content (AvgIpc) is 2.39. The van der Waals surface area contributed by atoms with Crippen molar-refractivity contribution in [2.75, 3.05) is 5.32 Å². The Labute approximate surface area is 112 Å². The molecule has 96 valence electrons. The first-order valence-electron chi connectivity index (χ1n) is 5.10. The number of nitrogens with zero attached hydrogens (tertiary/aromatic N) is 3. The Balaban J connectivity index is 2.15. The number of carbonyl (C=O) groups excluding carboxylic acids is 1. The van der Waals surface area contributed by atoms with Gasteiger partial charge in [-0.3, -0.25) is 14.9 Å². The third-order valence-electron chi connectivity index (χ3n) is 2.20. The summed E-state index contributed by atoms with van der Waals surface area (Å²) in [4.78, 5) is 29.3. The Bertz CT molecular complexity index is 630. The highest BCUT2D eigenvalue weighted by Gasteiger charge is 2.12. The molecule has 0 aliphatic carbocycles. The van der Waals surface area contributed by atoms with E-state index in [0.29, 0.717) is 0 Å². The molecule has 0 fully saturated rings. The van der Waals surface area contributed by atoms with Crippen LogP contribution in [0.4, 0.5) is 11.5 Å². The molecular weight excluding hydrogens is 272 g/mol. The average molecular weight is 279 g/mol. The van der Waals surface area contributed by atoms with Crippen LogP contribution in [0, 0.1) is 10.1 Å². The van der Waals surface area contributed by atoms with Crippen LogP contribution in [-0.4, -0.2) is 20.8 Å². The van der Waals surface area contributed by atoms with Crippen molar-refractivity contribution in [2.24, 2.45) is 0 Å². The molecule has 0 saturated heterocycles. The van der Waals surface area contributed by atoms with Gasteiger partial charge >= 0.3 is 0 Å². The molecule has 2 aromatic rings. The molecule has 0 bridgehead atoms. The van der Waals surface area contributed by atoms with Gasteiger partial charge in [0.25, 0.3) is 11.6 Å². The number of amides is 1. The van der Waals surface area contributed by atoms with Crippen LogP contribution in [0.5, 0.6) is 0 Å². The zero-order valence-electron chi connectivity index (χ0n) is 9.41. The van der Waals surface area contributed by atoms with E-state index in [1.165, 1.54) is 24.4 Å². The van der Waals surface area contributed by atoms with E-state index >= 15 is 0 Å². The maximum absolute atomic E-state index is 11.8. The molecule has 1 amide bonds. The molecule has 8 heteroatoms. The molecule has 0 saturated carbocycles. The van der Waals surface area contributed by atoms with Gasteiger partial charge in [0, 0.05) is 12.3 Å². The van der Waals surface area contributed by atoms with Gasteiger partial charge in [0.2, 0.25) is 0 Å². The number of nitro groups is 1. The number of hydrogen-bond donors (Lipinski definition) is 1. The Morgan fingerprint density at radius 3 is 2.68 bits per heavy atom. The predicted molar refractivity (Wildman–Crippen MR) is 68.1 cm³/mol. The van der Waals surface area contributed by atoms with E-state index < -0.39 is 10.8 Å². The van der Waals surface area contributed by atoms with E-state index in [4.69, 9.17) is 11.6 Å². The second-order valence-corrected chi connectivity index (χ2v) is 3.81. The third-order valence-corrected chi connectivity index (χ3v) is 2.51. The summed E-state index contributed by atoms with van der Waals surface area (Å²) in [5, 5.41) is 13.0. The van der Waals surface area contributed by atoms with E-state index in [2.05, 4.69) is 15.3 Å². The van der Waals surface area contributed by atoms with Gasteiger partial charge < -0.3 is 5.32 Å². The molecule has 0 atom stereocenters. The minimum atomic E-state index is -0.573. The molecule has 1 N–H and O–H groups in total. The van der Waals surface area contributed by atoms with Crippen LogP contribution in [-0.2, 0) is 0 Å². The van der Waals surface area contributed by atoms with Gasteiger partial charge in [0.1, 0.15) is 17.2 Å². The molecule has 0 radical (unpaired) electrons. The van der Waals surface area contributed by atoms with E-state index in [1.807, 2.05) is 0 Å². The molecule has 2 rings (SSSR count). The molecule has 0 aliphatic rings. The summed E-state index contributed by atoms with van der Waals surface area (Å²) in [5.41, 5.74) is 0.0433. The van der Waals surface area contributed by atoms with Gasteiger partial charge in [0.15, 0.2) is 0 Å². The van der Waals surface area contributed by atoms with Gasteiger partial charge in [-0.2, -0.15) is 0 Å². The zero-order chi connectivity index (χ0) is 13.8. The fourth-order valence-electron chi connectivity index (χ4n) is 1.31. The lowest BCUT2D eigenvalue weighted by Gasteiger charge is -2.04. The number of pyridine rings is 2. The van der Waals surface area contributed by atoms with Crippen molar-refractivity contribution in [1.29, 1.82) is 0 Å². The first-order valence-corrected chi connectivity index (χ1v) is 5.48. The Morgan fingerprint density at radius 2 is 2.11 bits per heavy atom. The molecule has 2 heterocycles. The topological polar surface area (TPSA) is 98.0 Å². The van der Waals surface area contributed by atoms with Crippen LogP contribution < -0.4 is 5.32 Å². The van der Waals surface area contributed by atoms with Crippen molar-refractivity contribution >= 4 is 29.0 Å². The minimum absolute atomic E-state index is 0.0712. The van der Waals surface area contributed by atoms with Crippen LogP contribution in [0.1, 0.15) is 10.4 Å². The van der Waals surface area contributed by atoms with Crippen LogP contribution >= 0.6 is 11.6 Å².